The third-order valence-corrected chi connectivity index (χ3v) is 4.16. The van der Waals surface area contributed by atoms with Crippen LogP contribution in [0.25, 0.3) is 6.08 Å². The minimum absolute atomic E-state index is 0.707. The Morgan fingerprint density at radius 2 is 2.27 bits per heavy atom. The van der Waals surface area contributed by atoms with Gasteiger partial charge < -0.3 is 4.90 Å². The molecule has 0 radical (unpaired) electrons. The molecular weight excluding hydrogens is 296 g/mol. The van der Waals surface area contributed by atoms with E-state index >= 15 is 0 Å². The zero-order valence-electron chi connectivity index (χ0n) is 12.7. The van der Waals surface area contributed by atoms with Gasteiger partial charge in [0.1, 0.15) is 0 Å². The van der Waals surface area contributed by atoms with Crippen LogP contribution in [0.2, 0.25) is 0 Å². The number of nitrogens with zero attached hydrogens (tertiary/aromatic N) is 6. The molecule has 2 aromatic rings. The fraction of sp³-hybridized carbons (Fsp3) is 0.333. The van der Waals surface area contributed by atoms with Crippen LogP contribution < -0.4 is 4.90 Å². The van der Waals surface area contributed by atoms with Crippen LogP contribution in [0.5, 0.6) is 0 Å². The lowest BCUT2D eigenvalue weighted by molar-refractivity contribution is 0.615. The van der Waals surface area contributed by atoms with Crippen molar-refractivity contribution in [3.05, 3.63) is 40.8 Å². The first-order valence-corrected chi connectivity index (χ1v) is 8.14. The van der Waals surface area contributed by atoms with E-state index in [2.05, 4.69) is 27.0 Å². The Bertz CT molecular complexity index is 706. The molecule has 0 fully saturated rings. The molecule has 0 amide bonds. The molecule has 0 atom stereocenters. The van der Waals surface area contributed by atoms with Gasteiger partial charge in [-0.25, -0.2) is 9.97 Å². The first kappa shape index (κ1) is 14.8. The maximum Gasteiger partial charge on any atom is 0.225 e. The number of aryl methyl sites for hydroxylation is 1. The lowest BCUT2D eigenvalue weighted by Crippen LogP contribution is -2.21. The van der Waals surface area contributed by atoms with E-state index in [4.69, 9.17) is 0 Å². The molecule has 3 rings (SSSR count). The molecule has 0 saturated heterocycles. The van der Waals surface area contributed by atoms with E-state index < -0.39 is 0 Å². The van der Waals surface area contributed by atoms with Crippen molar-refractivity contribution < 1.29 is 0 Å². The second-order valence-electron chi connectivity index (χ2n) is 4.91. The van der Waals surface area contributed by atoms with E-state index in [1.165, 1.54) is 0 Å². The summed E-state index contributed by atoms with van der Waals surface area (Å²) >= 11 is 1.71. The number of anilines is 1. The third-order valence-electron chi connectivity index (χ3n) is 3.32. The molecule has 0 bridgehead atoms. The Morgan fingerprint density at radius 3 is 3.05 bits per heavy atom. The van der Waals surface area contributed by atoms with Gasteiger partial charge >= 0.3 is 0 Å². The highest BCUT2D eigenvalue weighted by molar-refractivity contribution is 8.04. The van der Waals surface area contributed by atoms with Crippen LogP contribution >= 0.6 is 11.8 Å². The first-order chi connectivity index (χ1) is 10.8. The Balaban J connectivity index is 1.76. The zero-order chi connectivity index (χ0) is 15.4. The molecule has 3 heterocycles. The largest absolute Gasteiger partial charge is 0.338 e. The summed E-state index contributed by atoms with van der Waals surface area (Å²) in [6.07, 6.45) is 7.54. The van der Waals surface area contributed by atoms with Crippen molar-refractivity contribution in [3.8, 4) is 0 Å². The number of thioether (sulfide) groups is 1. The highest BCUT2D eigenvalue weighted by Gasteiger charge is 2.09. The molecule has 6 nitrogen and oxygen atoms in total. The molecule has 0 aromatic carbocycles. The minimum atomic E-state index is 0.707. The van der Waals surface area contributed by atoms with Gasteiger partial charge in [0.2, 0.25) is 5.95 Å². The minimum Gasteiger partial charge on any atom is -0.338 e. The Kier molecular flexibility index (Phi) is 4.53. The van der Waals surface area contributed by atoms with Gasteiger partial charge in [0, 0.05) is 37.1 Å². The maximum atomic E-state index is 4.61. The second-order valence-corrected chi connectivity index (χ2v) is 5.93. The van der Waals surface area contributed by atoms with E-state index in [9.17, 15) is 0 Å². The van der Waals surface area contributed by atoms with Gasteiger partial charge in [-0.3, -0.25) is 9.67 Å². The molecule has 0 spiro atoms. The number of hydrogen-bond acceptors (Lipinski definition) is 6. The van der Waals surface area contributed by atoms with Crippen molar-refractivity contribution >= 4 is 30.0 Å². The smallest absolute Gasteiger partial charge is 0.225 e. The molecule has 1 aliphatic heterocycles. The molecule has 0 unspecified atom stereocenters. The summed E-state index contributed by atoms with van der Waals surface area (Å²) in [5, 5.41) is 4.29. The summed E-state index contributed by atoms with van der Waals surface area (Å²) < 4.78 is 1.98. The van der Waals surface area contributed by atoms with Gasteiger partial charge in [-0.1, -0.05) is 0 Å². The van der Waals surface area contributed by atoms with Gasteiger partial charge in [-0.15, -0.1) is 11.8 Å². The fourth-order valence-electron chi connectivity index (χ4n) is 2.22. The summed E-state index contributed by atoms with van der Waals surface area (Å²) in [4.78, 5) is 16.3. The van der Waals surface area contributed by atoms with Crippen molar-refractivity contribution in [2.24, 2.45) is 4.99 Å². The number of rotatable bonds is 5. The molecule has 1 aliphatic rings. The van der Waals surface area contributed by atoms with Crippen molar-refractivity contribution in [1.82, 2.24) is 19.7 Å². The number of aromatic nitrogens is 4. The van der Waals surface area contributed by atoms with Crippen LogP contribution in [0.15, 0.2) is 34.4 Å². The Labute approximate surface area is 134 Å². The monoisotopic (exact) mass is 314 g/mol. The average molecular weight is 314 g/mol. The van der Waals surface area contributed by atoms with E-state index in [0.717, 1.165) is 35.3 Å². The molecule has 0 saturated carbocycles. The van der Waals surface area contributed by atoms with Gasteiger partial charge in [0.15, 0.2) is 0 Å². The predicted molar refractivity (Wildman–Crippen MR) is 91.0 cm³/mol. The lowest BCUT2D eigenvalue weighted by atomic mass is 10.3. The second kappa shape index (κ2) is 6.74. The molecule has 22 heavy (non-hydrogen) atoms. The van der Waals surface area contributed by atoms with E-state index in [1.807, 2.05) is 47.2 Å². The van der Waals surface area contributed by atoms with Crippen LogP contribution in [0.3, 0.4) is 0 Å². The predicted octanol–water partition coefficient (Wildman–Crippen LogP) is 2.45. The van der Waals surface area contributed by atoms with Crippen LogP contribution in [0.4, 0.5) is 5.95 Å². The Morgan fingerprint density at radius 1 is 1.36 bits per heavy atom. The molecular formula is C15H18N6S. The zero-order valence-corrected chi connectivity index (χ0v) is 13.5. The van der Waals surface area contributed by atoms with E-state index in [0.29, 0.717) is 5.95 Å². The summed E-state index contributed by atoms with van der Waals surface area (Å²) in [5.74, 6) is 1.50. The number of allylic oxidation sites excluding steroid dienone is 1. The SMILES string of the molecule is CCn1nccc1CN(C)c1nccc(/C=C2/C=NCS2)n1. The molecule has 0 aliphatic carbocycles. The van der Waals surface area contributed by atoms with Crippen LogP contribution in [-0.4, -0.2) is 38.9 Å². The maximum absolute atomic E-state index is 4.61. The highest BCUT2D eigenvalue weighted by atomic mass is 32.2. The fourth-order valence-corrected chi connectivity index (χ4v) is 2.87. The van der Waals surface area contributed by atoms with Crippen molar-refractivity contribution in [1.29, 1.82) is 0 Å². The van der Waals surface area contributed by atoms with E-state index in [1.54, 1.807) is 18.0 Å². The Hall–Kier alpha value is -2.15. The molecule has 0 N–H and O–H groups in total. The van der Waals surface area contributed by atoms with Gasteiger partial charge in [0.05, 0.1) is 23.8 Å². The summed E-state index contributed by atoms with van der Waals surface area (Å²) in [6.45, 7) is 3.67. The first-order valence-electron chi connectivity index (χ1n) is 7.15. The number of hydrogen-bond donors (Lipinski definition) is 0. The summed E-state index contributed by atoms with van der Waals surface area (Å²) in [7, 11) is 1.99. The van der Waals surface area contributed by atoms with Crippen LogP contribution in [0, 0.1) is 0 Å². The van der Waals surface area contributed by atoms with Gasteiger partial charge in [-0.2, -0.15) is 5.10 Å². The van der Waals surface area contributed by atoms with Gasteiger partial charge in [0.25, 0.3) is 0 Å². The van der Waals surface area contributed by atoms with Crippen molar-refractivity contribution in [2.45, 2.75) is 20.0 Å². The van der Waals surface area contributed by atoms with Crippen molar-refractivity contribution in [2.75, 3.05) is 17.8 Å². The lowest BCUT2D eigenvalue weighted by Gasteiger charge is -2.17. The van der Waals surface area contributed by atoms with Gasteiger partial charge in [-0.05, 0) is 25.1 Å². The molecule has 114 valence electrons. The van der Waals surface area contributed by atoms with Crippen molar-refractivity contribution in [3.63, 3.8) is 0 Å². The average Bonchev–Trinajstić information content (AvgIpc) is 3.19. The normalized spacial score (nSPS) is 15.6. The molecule has 7 heteroatoms. The highest BCUT2D eigenvalue weighted by Crippen LogP contribution is 2.22. The van der Waals surface area contributed by atoms with Crippen LogP contribution in [0.1, 0.15) is 18.3 Å². The standard InChI is InChI=1S/C15H18N6S/c1-3-21-13(5-7-18-21)10-20(2)15-17-6-4-12(19-15)8-14-9-16-11-22-14/h4-9H,3,10-11H2,1-2H3/b14-8-. The third kappa shape index (κ3) is 3.36. The molecule has 2 aromatic heterocycles. The topological polar surface area (TPSA) is 59.2 Å². The summed E-state index contributed by atoms with van der Waals surface area (Å²) in [5.41, 5.74) is 2.05. The van der Waals surface area contributed by atoms with Crippen LogP contribution in [-0.2, 0) is 13.1 Å². The van der Waals surface area contributed by atoms with E-state index in [-0.39, 0.29) is 0 Å². The quantitative estimate of drug-likeness (QED) is 0.848. The summed E-state index contributed by atoms with van der Waals surface area (Å²) in [6, 6.07) is 3.94. The number of aliphatic imine (C=N–C) groups is 1.